The predicted molar refractivity (Wildman–Crippen MR) is 82.0 cm³/mol. The maximum absolute atomic E-state index is 12.4. The van der Waals surface area contributed by atoms with Crippen LogP contribution in [0.25, 0.3) is 0 Å². The number of carbonyl (C=O) groups is 1. The molecule has 1 aromatic rings. The number of nitrogens with two attached hydrogens (primary N) is 1. The summed E-state index contributed by atoms with van der Waals surface area (Å²) in [5.41, 5.74) is 8.12. The topological polar surface area (TPSA) is 55.6 Å². The summed E-state index contributed by atoms with van der Waals surface area (Å²) in [6.45, 7) is 6.07. The molecule has 2 atom stereocenters. The number of halogens is 1. The number of rotatable bonds is 2. The molecule has 4 nitrogen and oxygen atoms in total. The lowest BCUT2D eigenvalue weighted by Crippen LogP contribution is -2.41. The first kappa shape index (κ1) is 17.0. The first-order valence-corrected chi connectivity index (χ1v) is 6.80. The van der Waals surface area contributed by atoms with Crippen LogP contribution in [0, 0.1) is 6.92 Å². The highest BCUT2D eigenvalue weighted by molar-refractivity contribution is 5.85. The molecule has 2 rings (SSSR count). The quantitative estimate of drug-likeness (QED) is 0.909. The molecule has 2 unspecified atom stereocenters. The van der Waals surface area contributed by atoms with Crippen LogP contribution in [-0.2, 0) is 9.53 Å². The maximum Gasteiger partial charge on any atom is 0.244 e. The fourth-order valence-electron chi connectivity index (χ4n) is 2.31. The van der Waals surface area contributed by atoms with Crippen molar-refractivity contribution in [2.75, 3.05) is 19.7 Å². The van der Waals surface area contributed by atoms with Crippen molar-refractivity contribution in [1.29, 1.82) is 0 Å². The van der Waals surface area contributed by atoms with Crippen LogP contribution < -0.4 is 5.73 Å². The largest absolute Gasteiger partial charge is 0.377 e. The van der Waals surface area contributed by atoms with Gasteiger partial charge in [-0.3, -0.25) is 4.79 Å². The second kappa shape index (κ2) is 7.62. The first-order valence-electron chi connectivity index (χ1n) is 6.80. The lowest BCUT2D eigenvalue weighted by molar-refractivity contribution is -0.133. The zero-order valence-electron chi connectivity index (χ0n) is 12.0. The van der Waals surface area contributed by atoms with Gasteiger partial charge in [-0.25, -0.2) is 0 Å². The monoisotopic (exact) mass is 298 g/mol. The van der Waals surface area contributed by atoms with E-state index in [1.165, 1.54) is 5.56 Å². The van der Waals surface area contributed by atoms with Crippen LogP contribution in [0.2, 0.25) is 0 Å². The third-order valence-corrected chi connectivity index (χ3v) is 3.47. The number of carbonyl (C=O) groups excluding carboxylic acids is 1. The lowest BCUT2D eigenvalue weighted by Gasteiger charge is -2.25. The Balaban J connectivity index is 0.00000200. The van der Waals surface area contributed by atoms with Gasteiger partial charge < -0.3 is 15.4 Å². The SMILES string of the molecule is Cc1ccc(C(N)C(=O)N2CCCOC(C)C2)cc1.Cl. The highest BCUT2D eigenvalue weighted by atomic mass is 35.5. The second-order valence-electron chi connectivity index (χ2n) is 5.21. The molecule has 1 fully saturated rings. The van der Waals surface area contributed by atoms with E-state index in [1.54, 1.807) is 0 Å². The lowest BCUT2D eigenvalue weighted by atomic mass is 10.0. The molecule has 0 bridgehead atoms. The molecule has 0 radical (unpaired) electrons. The Morgan fingerprint density at radius 3 is 2.70 bits per heavy atom. The average molecular weight is 299 g/mol. The van der Waals surface area contributed by atoms with Gasteiger partial charge >= 0.3 is 0 Å². The van der Waals surface area contributed by atoms with Crippen LogP contribution in [0.5, 0.6) is 0 Å². The van der Waals surface area contributed by atoms with Gasteiger partial charge in [0.1, 0.15) is 6.04 Å². The Morgan fingerprint density at radius 1 is 1.40 bits per heavy atom. The molecule has 1 aromatic carbocycles. The van der Waals surface area contributed by atoms with Gasteiger partial charge in [0.2, 0.25) is 5.91 Å². The van der Waals surface area contributed by atoms with Crippen molar-refractivity contribution in [3.05, 3.63) is 35.4 Å². The minimum absolute atomic E-state index is 0. The van der Waals surface area contributed by atoms with Gasteiger partial charge in [0.05, 0.1) is 6.10 Å². The summed E-state index contributed by atoms with van der Waals surface area (Å²) in [6.07, 6.45) is 0.952. The van der Waals surface area contributed by atoms with Crippen molar-refractivity contribution in [1.82, 2.24) is 4.90 Å². The first-order chi connectivity index (χ1) is 9.08. The van der Waals surface area contributed by atoms with E-state index in [-0.39, 0.29) is 24.4 Å². The normalized spacial score (nSPS) is 20.8. The summed E-state index contributed by atoms with van der Waals surface area (Å²) >= 11 is 0. The molecule has 0 aromatic heterocycles. The van der Waals surface area contributed by atoms with Gasteiger partial charge in [-0.05, 0) is 25.8 Å². The van der Waals surface area contributed by atoms with E-state index in [4.69, 9.17) is 10.5 Å². The Hall–Kier alpha value is -1.10. The number of hydrogen-bond donors (Lipinski definition) is 1. The summed E-state index contributed by atoms with van der Waals surface area (Å²) in [5, 5.41) is 0. The smallest absolute Gasteiger partial charge is 0.244 e. The molecule has 1 aliphatic rings. The molecule has 2 N–H and O–H groups in total. The van der Waals surface area contributed by atoms with Crippen molar-refractivity contribution in [3.63, 3.8) is 0 Å². The fraction of sp³-hybridized carbons (Fsp3) is 0.533. The molecule has 0 spiro atoms. The molecular formula is C15H23ClN2O2. The number of aryl methyl sites for hydroxylation is 1. The molecule has 0 saturated carbocycles. The molecule has 5 heteroatoms. The Labute approximate surface area is 126 Å². The van der Waals surface area contributed by atoms with E-state index in [9.17, 15) is 4.79 Å². The summed E-state index contributed by atoms with van der Waals surface area (Å²) in [5.74, 6) is -0.0128. The zero-order chi connectivity index (χ0) is 13.8. The van der Waals surface area contributed by atoms with E-state index in [0.29, 0.717) is 13.2 Å². The zero-order valence-corrected chi connectivity index (χ0v) is 12.9. The second-order valence-corrected chi connectivity index (χ2v) is 5.21. The molecule has 1 saturated heterocycles. The minimum Gasteiger partial charge on any atom is -0.377 e. The standard InChI is InChI=1S/C15H22N2O2.ClH/c1-11-4-6-13(7-5-11)14(16)15(18)17-8-3-9-19-12(2)10-17;/h4-7,12,14H,3,8-10,16H2,1-2H3;1H. The molecule has 1 heterocycles. The molecule has 20 heavy (non-hydrogen) atoms. The summed E-state index contributed by atoms with van der Waals surface area (Å²) in [7, 11) is 0. The average Bonchev–Trinajstić information content (AvgIpc) is 2.62. The summed E-state index contributed by atoms with van der Waals surface area (Å²) in [6, 6.07) is 7.24. The van der Waals surface area contributed by atoms with Crippen LogP contribution in [0.3, 0.4) is 0 Å². The van der Waals surface area contributed by atoms with Gasteiger partial charge in [0.15, 0.2) is 0 Å². The Morgan fingerprint density at radius 2 is 2.05 bits per heavy atom. The predicted octanol–water partition coefficient (Wildman–Crippen LogP) is 2.05. The number of benzene rings is 1. The van der Waals surface area contributed by atoms with E-state index in [0.717, 1.165) is 18.5 Å². The van der Waals surface area contributed by atoms with Crippen molar-refractivity contribution in [2.45, 2.75) is 32.4 Å². The van der Waals surface area contributed by atoms with E-state index in [2.05, 4.69) is 0 Å². The number of ether oxygens (including phenoxy) is 1. The van der Waals surface area contributed by atoms with Crippen LogP contribution in [-0.4, -0.2) is 36.6 Å². The van der Waals surface area contributed by atoms with Crippen molar-refractivity contribution in [2.24, 2.45) is 5.73 Å². The highest BCUT2D eigenvalue weighted by Crippen LogP contribution is 2.16. The molecule has 112 valence electrons. The van der Waals surface area contributed by atoms with E-state index >= 15 is 0 Å². The summed E-state index contributed by atoms with van der Waals surface area (Å²) in [4.78, 5) is 14.2. The molecule has 0 aliphatic carbocycles. The fourth-order valence-corrected chi connectivity index (χ4v) is 2.31. The molecule has 1 aliphatic heterocycles. The van der Waals surface area contributed by atoms with E-state index in [1.807, 2.05) is 43.0 Å². The Bertz CT molecular complexity index is 436. The van der Waals surface area contributed by atoms with E-state index < -0.39 is 6.04 Å². The van der Waals surface area contributed by atoms with Crippen LogP contribution >= 0.6 is 12.4 Å². The van der Waals surface area contributed by atoms with Crippen molar-refractivity contribution in [3.8, 4) is 0 Å². The van der Waals surface area contributed by atoms with Crippen molar-refractivity contribution >= 4 is 18.3 Å². The van der Waals surface area contributed by atoms with Gasteiger partial charge in [0.25, 0.3) is 0 Å². The van der Waals surface area contributed by atoms with Gasteiger partial charge in [-0.1, -0.05) is 29.8 Å². The van der Waals surface area contributed by atoms with Gasteiger partial charge in [0, 0.05) is 19.7 Å². The molecular weight excluding hydrogens is 276 g/mol. The highest BCUT2D eigenvalue weighted by Gasteiger charge is 2.25. The number of amides is 1. The number of hydrogen-bond acceptors (Lipinski definition) is 3. The Kier molecular flexibility index (Phi) is 6.46. The maximum atomic E-state index is 12.4. The van der Waals surface area contributed by atoms with Gasteiger partial charge in [-0.2, -0.15) is 0 Å². The third kappa shape index (κ3) is 4.20. The third-order valence-electron chi connectivity index (χ3n) is 3.47. The van der Waals surface area contributed by atoms with Crippen molar-refractivity contribution < 1.29 is 9.53 Å². The summed E-state index contributed by atoms with van der Waals surface area (Å²) < 4.78 is 5.55. The van der Waals surface area contributed by atoms with Gasteiger partial charge in [-0.15, -0.1) is 12.4 Å². The van der Waals surface area contributed by atoms with Crippen LogP contribution in [0.15, 0.2) is 24.3 Å². The van der Waals surface area contributed by atoms with Crippen LogP contribution in [0.4, 0.5) is 0 Å². The number of nitrogens with zero attached hydrogens (tertiary/aromatic N) is 1. The molecule has 1 amide bonds. The minimum atomic E-state index is -0.578. The van der Waals surface area contributed by atoms with Crippen LogP contribution in [0.1, 0.15) is 30.5 Å².